The van der Waals surface area contributed by atoms with Gasteiger partial charge < -0.3 is 16.0 Å². The van der Waals surface area contributed by atoms with Crippen molar-refractivity contribution < 1.29 is 14.4 Å². The number of nitrogens with one attached hydrogen (secondary N) is 3. The van der Waals surface area contributed by atoms with Gasteiger partial charge >= 0.3 is 0 Å². The van der Waals surface area contributed by atoms with Crippen LogP contribution in [0.2, 0.25) is 0 Å². The van der Waals surface area contributed by atoms with Crippen molar-refractivity contribution in [1.82, 2.24) is 10.3 Å². The van der Waals surface area contributed by atoms with Crippen molar-refractivity contribution in [3.63, 3.8) is 0 Å². The van der Waals surface area contributed by atoms with Gasteiger partial charge in [-0.05, 0) is 59.9 Å². The van der Waals surface area contributed by atoms with Gasteiger partial charge in [-0.1, -0.05) is 86.3 Å². The molecule has 7 nitrogen and oxygen atoms in total. The number of amides is 3. The highest BCUT2D eigenvalue weighted by molar-refractivity contribution is 8.01. The van der Waals surface area contributed by atoms with E-state index >= 15 is 0 Å². The molecule has 0 saturated heterocycles. The number of hydrogen-bond donors (Lipinski definition) is 3. The minimum atomic E-state index is -0.376. The zero-order valence-corrected chi connectivity index (χ0v) is 25.6. The van der Waals surface area contributed by atoms with E-state index in [1.165, 1.54) is 23.1 Å². The molecule has 0 fully saturated rings. The summed E-state index contributed by atoms with van der Waals surface area (Å²) in [5, 5.41) is 8.91. The second-order valence-electron chi connectivity index (χ2n) is 9.83. The summed E-state index contributed by atoms with van der Waals surface area (Å²) in [6.45, 7) is 4.53. The van der Waals surface area contributed by atoms with Crippen molar-refractivity contribution in [1.29, 1.82) is 0 Å². The lowest BCUT2D eigenvalue weighted by Crippen LogP contribution is -2.26. The number of hydrogen-bond acceptors (Lipinski definition) is 6. The van der Waals surface area contributed by atoms with Crippen LogP contribution < -0.4 is 16.0 Å². The van der Waals surface area contributed by atoms with E-state index in [1.807, 2.05) is 60.7 Å². The third-order valence-electron chi connectivity index (χ3n) is 6.93. The molecule has 0 atom stereocenters. The second-order valence-corrected chi connectivity index (χ2v) is 12.1. The number of carbonyl (C=O) groups is 3. The first kappa shape index (κ1) is 30.0. The zero-order valence-electron chi connectivity index (χ0n) is 24.0. The van der Waals surface area contributed by atoms with E-state index in [-0.39, 0.29) is 29.0 Å². The first-order valence-electron chi connectivity index (χ1n) is 14.1. The molecule has 43 heavy (non-hydrogen) atoms. The Morgan fingerprint density at radius 3 is 2.14 bits per heavy atom. The number of carbonyl (C=O) groups excluding carboxylic acids is 3. The predicted molar refractivity (Wildman–Crippen MR) is 176 cm³/mol. The van der Waals surface area contributed by atoms with E-state index in [0.717, 1.165) is 49.8 Å². The van der Waals surface area contributed by atoms with E-state index in [9.17, 15) is 14.4 Å². The van der Waals surface area contributed by atoms with Crippen LogP contribution in [0.5, 0.6) is 0 Å². The number of fused-ring (bicyclic) bond motifs is 1. The Bertz CT molecular complexity index is 1750. The molecule has 1 heterocycles. The predicted octanol–water partition coefficient (Wildman–Crippen LogP) is 7.33. The smallest absolute Gasteiger partial charge is 0.256 e. The molecule has 0 radical (unpaired) electrons. The molecular weight excluding hydrogens is 577 g/mol. The maximum atomic E-state index is 13.2. The monoisotopic (exact) mass is 608 g/mol. The molecule has 3 N–H and O–H groups in total. The van der Waals surface area contributed by atoms with Crippen LogP contribution in [0, 0.1) is 0 Å². The lowest BCUT2D eigenvalue weighted by Gasteiger charge is -2.14. The zero-order chi connectivity index (χ0) is 30.2. The number of thioether (sulfide) groups is 1. The van der Waals surface area contributed by atoms with Crippen LogP contribution in [-0.2, 0) is 24.2 Å². The molecule has 0 aliphatic heterocycles. The average molecular weight is 609 g/mol. The minimum absolute atomic E-state index is 0.0701. The molecule has 0 aliphatic carbocycles. The van der Waals surface area contributed by atoms with Crippen LogP contribution in [0.25, 0.3) is 10.2 Å². The van der Waals surface area contributed by atoms with E-state index in [1.54, 1.807) is 30.3 Å². The summed E-state index contributed by atoms with van der Waals surface area (Å²) >= 11 is 2.86. The molecule has 218 valence electrons. The van der Waals surface area contributed by atoms with E-state index in [2.05, 4.69) is 34.8 Å². The van der Waals surface area contributed by atoms with Crippen molar-refractivity contribution in [2.24, 2.45) is 0 Å². The number of thiazole rings is 1. The highest BCUT2D eigenvalue weighted by Gasteiger charge is 2.18. The Morgan fingerprint density at radius 1 is 0.767 bits per heavy atom. The van der Waals surface area contributed by atoms with Crippen molar-refractivity contribution in [3.05, 3.63) is 119 Å². The Morgan fingerprint density at radius 2 is 1.44 bits per heavy atom. The van der Waals surface area contributed by atoms with Crippen LogP contribution in [0.15, 0.2) is 95.3 Å². The maximum Gasteiger partial charge on any atom is 0.256 e. The Labute approximate surface area is 259 Å². The third kappa shape index (κ3) is 7.49. The molecule has 5 rings (SSSR count). The first-order chi connectivity index (χ1) is 20.9. The summed E-state index contributed by atoms with van der Waals surface area (Å²) in [6, 6.07) is 28.0. The van der Waals surface area contributed by atoms with Crippen LogP contribution in [0.1, 0.15) is 51.3 Å². The average Bonchev–Trinajstić information content (AvgIpc) is 3.45. The van der Waals surface area contributed by atoms with Gasteiger partial charge in [0.1, 0.15) is 0 Å². The van der Waals surface area contributed by atoms with E-state index in [4.69, 9.17) is 0 Å². The van der Waals surface area contributed by atoms with Crippen molar-refractivity contribution in [2.45, 2.75) is 37.6 Å². The molecule has 0 aliphatic rings. The summed E-state index contributed by atoms with van der Waals surface area (Å²) in [5.74, 6) is -0.519. The fraction of sp³-hybridized carbons (Fsp3) is 0.176. The summed E-state index contributed by atoms with van der Waals surface area (Å²) in [7, 11) is 0. The van der Waals surface area contributed by atoms with Crippen molar-refractivity contribution in [3.8, 4) is 0 Å². The molecule has 9 heteroatoms. The van der Waals surface area contributed by atoms with Gasteiger partial charge in [-0.25, -0.2) is 4.98 Å². The largest absolute Gasteiger partial charge is 0.348 e. The van der Waals surface area contributed by atoms with Crippen LogP contribution in [-0.4, -0.2) is 28.5 Å². The van der Waals surface area contributed by atoms with Gasteiger partial charge in [-0.15, -0.1) is 11.3 Å². The van der Waals surface area contributed by atoms with Crippen molar-refractivity contribution >= 4 is 62.4 Å². The normalized spacial score (nSPS) is 10.8. The highest BCUT2D eigenvalue weighted by atomic mass is 32.2. The standard InChI is InChI=1S/C34H32N4O3S2/c1-3-23-13-10-14-24(4-2)31(23)38-30(39)21-42-34-37-28-18-17-25(19-29(28)43-34)36-33(41)27-16-9-8-15-26(27)32(40)35-20-22-11-6-5-7-12-22/h5-19H,3-4,20-21H2,1-2H3,(H,35,40)(H,36,41)(H,38,39). The van der Waals surface area contributed by atoms with Gasteiger partial charge in [-0.2, -0.15) is 0 Å². The van der Waals surface area contributed by atoms with Crippen LogP contribution >= 0.6 is 23.1 Å². The Hall–Kier alpha value is -4.47. The number of aryl methyl sites for hydroxylation is 2. The number of anilines is 2. The fourth-order valence-corrected chi connectivity index (χ4v) is 6.61. The molecule has 5 aromatic rings. The van der Waals surface area contributed by atoms with Crippen LogP contribution in [0.3, 0.4) is 0 Å². The van der Waals surface area contributed by atoms with Gasteiger partial charge in [0.2, 0.25) is 5.91 Å². The van der Waals surface area contributed by atoms with Gasteiger partial charge in [0.25, 0.3) is 11.8 Å². The summed E-state index contributed by atoms with van der Waals surface area (Å²) in [6.07, 6.45) is 1.70. The Kier molecular flexibility index (Phi) is 9.86. The fourth-order valence-electron chi connectivity index (χ4n) is 4.70. The van der Waals surface area contributed by atoms with E-state index < -0.39 is 0 Å². The van der Waals surface area contributed by atoms with Gasteiger partial charge in [-0.3, -0.25) is 14.4 Å². The lowest BCUT2D eigenvalue weighted by atomic mass is 10.0. The molecule has 0 spiro atoms. The molecule has 0 bridgehead atoms. The van der Waals surface area contributed by atoms with E-state index in [0.29, 0.717) is 17.8 Å². The quantitative estimate of drug-likeness (QED) is 0.136. The SMILES string of the molecule is CCc1cccc(CC)c1NC(=O)CSc1nc2ccc(NC(=O)c3ccccc3C(=O)NCc3ccccc3)cc2s1. The molecule has 0 unspecified atom stereocenters. The minimum Gasteiger partial charge on any atom is -0.348 e. The number of para-hydroxylation sites is 1. The summed E-state index contributed by atoms with van der Waals surface area (Å²) in [5.41, 5.74) is 6.12. The highest BCUT2D eigenvalue weighted by Crippen LogP contribution is 2.32. The topological polar surface area (TPSA) is 100 Å². The molecule has 4 aromatic carbocycles. The van der Waals surface area contributed by atoms with Gasteiger partial charge in [0, 0.05) is 17.9 Å². The van der Waals surface area contributed by atoms with Crippen molar-refractivity contribution in [2.75, 3.05) is 16.4 Å². The number of rotatable bonds is 11. The Balaban J connectivity index is 1.22. The third-order valence-corrected chi connectivity index (χ3v) is 9.09. The summed E-state index contributed by atoms with van der Waals surface area (Å²) < 4.78 is 1.66. The van der Waals surface area contributed by atoms with Gasteiger partial charge in [0.15, 0.2) is 4.34 Å². The summed E-state index contributed by atoms with van der Waals surface area (Å²) in [4.78, 5) is 43.6. The number of aromatic nitrogens is 1. The number of nitrogens with zero attached hydrogens (tertiary/aromatic N) is 1. The maximum absolute atomic E-state index is 13.2. The number of benzene rings is 4. The molecule has 3 amide bonds. The van der Waals surface area contributed by atoms with Gasteiger partial charge in [0.05, 0.1) is 27.1 Å². The first-order valence-corrected chi connectivity index (χ1v) is 15.9. The lowest BCUT2D eigenvalue weighted by molar-refractivity contribution is -0.113. The van der Waals surface area contributed by atoms with Crippen LogP contribution in [0.4, 0.5) is 11.4 Å². The molecule has 0 saturated carbocycles. The second kappa shape index (κ2) is 14.1. The molecular formula is C34H32N4O3S2. The molecule has 1 aromatic heterocycles.